The van der Waals surface area contributed by atoms with Crippen LogP contribution in [-0.4, -0.2) is 16.1 Å². The molecular weight excluding hydrogens is 194 g/mol. The summed E-state index contributed by atoms with van der Waals surface area (Å²) in [6.45, 7) is 3.47. The van der Waals surface area contributed by atoms with Gasteiger partial charge in [-0.15, -0.1) is 0 Å². The molecule has 0 saturated heterocycles. The van der Waals surface area contributed by atoms with E-state index in [9.17, 15) is 15.2 Å². The summed E-state index contributed by atoms with van der Waals surface area (Å²) in [6, 6.07) is 7.78. The van der Waals surface area contributed by atoms with Gasteiger partial charge < -0.3 is 5.11 Å². The van der Waals surface area contributed by atoms with Crippen molar-refractivity contribution < 1.29 is 10.0 Å². The maximum atomic E-state index is 10.8. The Balaban J connectivity index is 2.91. The van der Waals surface area contributed by atoms with Gasteiger partial charge in [-0.2, -0.15) is 0 Å². The van der Waals surface area contributed by atoms with E-state index in [0.717, 1.165) is 0 Å². The number of benzene rings is 1. The van der Waals surface area contributed by atoms with Gasteiger partial charge in [-0.3, -0.25) is 10.1 Å². The van der Waals surface area contributed by atoms with Crippen LogP contribution in [0.4, 0.5) is 0 Å². The monoisotopic (exact) mass is 209 g/mol. The fourth-order valence-electron chi connectivity index (χ4n) is 1.57. The molecule has 0 saturated carbocycles. The first-order valence-electron chi connectivity index (χ1n) is 4.90. The average Bonchev–Trinajstić information content (AvgIpc) is 2.18. The molecule has 0 aromatic heterocycles. The molecule has 2 unspecified atom stereocenters. The van der Waals surface area contributed by atoms with E-state index in [-0.39, 0.29) is 5.92 Å². The molecule has 0 aliphatic carbocycles. The van der Waals surface area contributed by atoms with Gasteiger partial charge in [0.1, 0.15) is 6.10 Å². The van der Waals surface area contributed by atoms with Crippen molar-refractivity contribution in [1.82, 2.24) is 0 Å². The van der Waals surface area contributed by atoms with E-state index in [1.165, 1.54) is 0 Å². The van der Waals surface area contributed by atoms with Crippen molar-refractivity contribution in [2.75, 3.05) is 0 Å². The first-order valence-corrected chi connectivity index (χ1v) is 4.90. The summed E-state index contributed by atoms with van der Waals surface area (Å²) in [7, 11) is 0. The summed E-state index contributed by atoms with van der Waals surface area (Å²) in [5.74, 6) is -0.199. The number of nitro groups is 1. The third kappa shape index (κ3) is 2.76. The summed E-state index contributed by atoms with van der Waals surface area (Å²) in [5, 5.41) is 20.7. The highest BCUT2D eigenvalue weighted by molar-refractivity contribution is 5.18. The molecular formula is C11H15NO3. The van der Waals surface area contributed by atoms with E-state index in [1.54, 1.807) is 38.1 Å². The first kappa shape index (κ1) is 11.7. The fraction of sp³-hybridized carbons (Fsp3) is 0.455. The molecule has 1 rings (SSSR count). The second-order valence-electron chi connectivity index (χ2n) is 3.88. The third-order valence-electron chi connectivity index (χ3n) is 2.39. The Bertz CT molecular complexity index is 324. The highest BCUT2D eigenvalue weighted by Gasteiger charge is 2.33. The van der Waals surface area contributed by atoms with Crippen LogP contribution in [0.1, 0.15) is 25.5 Å². The number of aliphatic hydroxyl groups excluding tert-OH is 1. The van der Waals surface area contributed by atoms with Crippen LogP contribution in [-0.2, 0) is 0 Å². The normalized spacial score (nSPS) is 14.9. The van der Waals surface area contributed by atoms with Gasteiger partial charge in [-0.05, 0) is 5.56 Å². The van der Waals surface area contributed by atoms with Crippen molar-refractivity contribution in [3.8, 4) is 0 Å². The number of rotatable bonds is 4. The minimum Gasteiger partial charge on any atom is -0.381 e. The predicted molar refractivity (Wildman–Crippen MR) is 57.0 cm³/mol. The quantitative estimate of drug-likeness (QED) is 0.609. The lowest BCUT2D eigenvalue weighted by atomic mass is 9.94. The van der Waals surface area contributed by atoms with Gasteiger partial charge in [0.25, 0.3) is 0 Å². The lowest BCUT2D eigenvalue weighted by Gasteiger charge is -2.19. The van der Waals surface area contributed by atoms with Crippen LogP contribution < -0.4 is 0 Å². The Morgan fingerprint density at radius 1 is 1.27 bits per heavy atom. The van der Waals surface area contributed by atoms with Crippen LogP contribution in [0.2, 0.25) is 0 Å². The van der Waals surface area contributed by atoms with Crippen molar-refractivity contribution in [2.24, 2.45) is 5.92 Å². The zero-order chi connectivity index (χ0) is 11.4. The highest BCUT2D eigenvalue weighted by atomic mass is 16.6. The Kier molecular flexibility index (Phi) is 3.80. The molecule has 0 bridgehead atoms. The lowest BCUT2D eigenvalue weighted by Crippen LogP contribution is -2.32. The number of aliphatic hydroxyl groups is 1. The molecule has 15 heavy (non-hydrogen) atoms. The molecule has 4 nitrogen and oxygen atoms in total. The zero-order valence-corrected chi connectivity index (χ0v) is 8.83. The maximum Gasteiger partial charge on any atom is 0.244 e. The molecule has 0 aliphatic heterocycles. The molecule has 2 atom stereocenters. The molecule has 1 N–H and O–H groups in total. The van der Waals surface area contributed by atoms with Crippen molar-refractivity contribution in [3.63, 3.8) is 0 Å². The summed E-state index contributed by atoms with van der Waals surface area (Å²) in [6.07, 6.45) is -1.04. The molecule has 82 valence electrons. The van der Waals surface area contributed by atoms with E-state index in [2.05, 4.69) is 0 Å². The molecule has 0 heterocycles. The number of hydrogen-bond donors (Lipinski definition) is 1. The van der Waals surface area contributed by atoms with E-state index < -0.39 is 17.1 Å². The molecule has 0 spiro atoms. The third-order valence-corrected chi connectivity index (χ3v) is 2.39. The fourth-order valence-corrected chi connectivity index (χ4v) is 1.57. The molecule has 0 fully saturated rings. The van der Waals surface area contributed by atoms with Crippen molar-refractivity contribution >= 4 is 0 Å². The van der Waals surface area contributed by atoms with E-state index in [4.69, 9.17) is 0 Å². The molecule has 0 radical (unpaired) electrons. The Labute approximate surface area is 88.7 Å². The van der Waals surface area contributed by atoms with E-state index >= 15 is 0 Å². The molecule has 4 heteroatoms. The van der Waals surface area contributed by atoms with Crippen LogP contribution >= 0.6 is 0 Å². The summed E-state index contributed by atoms with van der Waals surface area (Å²) < 4.78 is 0. The Morgan fingerprint density at radius 2 is 1.80 bits per heavy atom. The number of hydrogen-bond acceptors (Lipinski definition) is 3. The van der Waals surface area contributed by atoms with Crippen LogP contribution in [0.15, 0.2) is 30.3 Å². The van der Waals surface area contributed by atoms with Gasteiger partial charge in [-0.1, -0.05) is 44.2 Å². The van der Waals surface area contributed by atoms with Gasteiger partial charge in [0, 0.05) is 10.8 Å². The van der Waals surface area contributed by atoms with Gasteiger partial charge in [-0.25, -0.2) is 0 Å². The van der Waals surface area contributed by atoms with Gasteiger partial charge in [0.15, 0.2) is 0 Å². The zero-order valence-electron chi connectivity index (χ0n) is 8.83. The largest absolute Gasteiger partial charge is 0.381 e. The van der Waals surface area contributed by atoms with Crippen LogP contribution in [0.3, 0.4) is 0 Å². The Hall–Kier alpha value is -1.42. The smallest absolute Gasteiger partial charge is 0.244 e. The SMILES string of the molecule is CC(C)C(C(O)c1ccccc1)[N+](=O)[O-]. The van der Waals surface area contributed by atoms with E-state index in [0.29, 0.717) is 5.56 Å². The van der Waals surface area contributed by atoms with Crippen molar-refractivity contribution in [2.45, 2.75) is 26.0 Å². The molecule has 0 aliphatic rings. The minimum absolute atomic E-state index is 0.199. The number of nitrogens with zero attached hydrogens (tertiary/aromatic N) is 1. The van der Waals surface area contributed by atoms with Gasteiger partial charge in [0.05, 0.1) is 0 Å². The first-order chi connectivity index (χ1) is 7.04. The van der Waals surface area contributed by atoms with Crippen molar-refractivity contribution in [1.29, 1.82) is 0 Å². The van der Waals surface area contributed by atoms with Crippen LogP contribution in [0, 0.1) is 16.0 Å². The lowest BCUT2D eigenvalue weighted by molar-refractivity contribution is -0.544. The highest BCUT2D eigenvalue weighted by Crippen LogP contribution is 2.23. The topological polar surface area (TPSA) is 63.4 Å². The van der Waals surface area contributed by atoms with Gasteiger partial charge in [0.2, 0.25) is 6.04 Å². The molecule has 0 amide bonds. The van der Waals surface area contributed by atoms with Crippen molar-refractivity contribution in [3.05, 3.63) is 46.0 Å². The maximum absolute atomic E-state index is 10.8. The Morgan fingerprint density at radius 3 is 2.20 bits per heavy atom. The molecule has 1 aromatic rings. The summed E-state index contributed by atoms with van der Waals surface area (Å²) in [5.41, 5.74) is 0.591. The average molecular weight is 209 g/mol. The summed E-state index contributed by atoms with van der Waals surface area (Å²) in [4.78, 5) is 10.4. The van der Waals surface area contributed by atoms with E-state index in [1.807, 2.05) is 6.07 Å². The van der Waals surface area contributed by atoms with Gasteiger partial charge >= 0.3 is 0 Å². The minimum atomic E-state index is -1.04. The molecule has 1 aromatic carbocycles. The standard InChI is InChI=1S/C11H15NO3/c1-8(2)10(12(14)15)11(13)9-6-4-3-5-7-9/h3-8,10-11,13H,1-2H3. The second kappa shape index (κ2) is 4.89. The second-order valence-corrected chi connectivity index (χ2v) is 3.88. The van der Waals surface area contributed by atoms with Crippen LogP contribution in [0.25, 0.3) is 0 Å². The van der Waals surface area contributed by atoms with Crippen LogP contribution in [0.5, 0.6) is 0 Å². The summed E-state index contributed by atoms with van der Waals surface area (Å²) >= 11 is 0. The predicted octanol–water partition coefficient (Wildman–Crippen LogP) is 2.02.